The SMILES string of the molecule is NCC1CCCCN1C(=O)CS(=O)(=O)C1CCCC1. The molecule has 0 aromatic rings. The van der Waals surface area contributed by atoms with Crippen molar-refractivity contribution in [2.24, 2.45) is 5.73 Å². The molecule has 2 N–H and O–H groups in total. The average Bonchev–Trinajstić information content (AvgIpc) is 2.93. The zero-order valence-corrected chi connectivity index (χ0v) is 12.2. The van der Waals surface area contributed by atoms with Gasteiger partial charge in [0.15, 0.2) is 9.84 Å². The zero-order valence-electron chi connectivity index (χ0n) is 11.4. The molecule has 6 heteroatoms. The van der Waals surface area contributed by atoms with Gasteiger partial charge in [-0.3, -0.25) is 4.79 Å². The quantitative estimate of drug-likeness (QED) is 0.825. The van der Waals surface area contributed by atoms with Crippen LogP contribution in [0.4, 0.5) is 0 Å². The molecule has 2 fully saturated rings. The molecule has 1 amide bonds. The fourth-order valence-electron chi connectivity index (χ4n) is 3.19. The predicted molar refractivity (Wildman–Crippen MR) is 74.4 cm³/mol. The van der Waals surface area contributed by atoms with Gasteiger partial charge in [0.05, 0.1) is 5.25 Å². The Morgan fingerprint density at radius 3 is 2.37 bits per heavy atom. The first-order valence-corrected chi connectivity index (χ1v) is 8.97. The second kappa shape index (κ2) is 6.22. The van der Waals surface area contributed by atoms with E-state index < -0.39 is 9.84 Å². The second-order valence-corrected chi connectivity index (χ2v) is 7.97. The molecule has 1 saturated carbocycles. The number of hydrogen-bond donors (Lipinski definition) is 1. The summed E-state index contributed by atoms with van der Waals surface area (Å²) < 4.78 is 24.4. The van der Waals surface area contributed by atoms with Crippen LogP contribution >= 0.6 is 0 Å². The van der Waals surface area contributed by atoms with E-state index in [9.17, 15) is 13.2 Å². The van der Waals surface area contributed by atoms with E-state index in [1.807, 2.05) is 0 Å². The van der Waals surface area contributed by atoms with Gasteiger partial charge in [0.2, 0.25) is 5.91 Å². The van der Waals surface area contributed by atoms with E-state index in [4.69, 9.17) is 5.73 Å². The van der Waals surface area contributed by atoms with Crippen LogP contribution in [0.2, 0.25) is 0 Å². The van der Waals surface area contributed by atoms with Crippen LogP contribution in [0.15, 0.2) is 0 Å². The van der Waals surface area contributed by atoms with Gasteiger partial charge >= 0.3 is 0 Å². The van der Waals surface area contributed by atoms with Crippen LogP contribution in [0.5, 0.6) is 0 Å². The number of carbonyl (C=O) groups is 1. The maximum atomic E-state index is 12.2. The third kappa shape index (κ3) is 3.48. The minimum Gasteiger partial charge on any atom is -0.338 e. The highest BCUT2D eigenvalue weighted by Gasteiger charge is 2.34. The fraction of sp³-hybridized carbons (Fsp3) is 0.923. The molecule has 1 atom stereocenters. The number of amides is 1. The lowest BCUT2D eigenvalue weighted by Crippen LogP contribution is -2.49. The molecule has 1 unspecified atom stereocenters. The highest BCUT2D eigenvalue weighted by Crippen LogP contribution is 2.26. The summed E-state index contributed by atoms with van der Waals surface area (Å²) >= 11 is 0. The Kier molecular flexibility index (Phi) is 4.84. The number of rotatable bonds is 4. The lowest BCUT2D eigenvalue weighted by Gasteiger charge is -2.35. The molecule has 5 nitrogen and oxygen atoms in total. The maximum Gasteiger partial charge on any atom is 0.238 e. The van der Waals surface area contributed by atoms with Crippen molar-refractivity contribution in [1.29, 1.82) is 0 Å². The number of piperidine rings is 1. The van der Waals surface area contributed by atoms with Crippen LogP contribution in [-0.2, 0) is 14.6 Å². The zero-order chi connectivity index (χ0) is 13.9. The Morgan fingerprint density at radius 1 is 1.11 bits per heavy atom. The van der Waals surface area contributed by atoms with E-state index in [-0.39, 0.29) is 23.0 Å². The van der Waals surface area contributed by atoms with Crippen molar-refractivity contribution in [2.75, 3.05) is 18.8 Å². The molecule has 1 aliphatic heterocycles. The fourth-order valence-corrected chi connectivity index (χ4v) is 4.99. The normalized spacial score (nSPS) is 25.7. The molecule has 1 aliphatic carbocycles. The number of carbonyl (C=O) groups excluding carboxylic acids is 1. The largest absolute Gasteiger partial charge is 0.338 e. The summed E-state index contributed by atoms with van der Waals surface area (Å²) in [4.78, 5) is 13.9. The van der Waals surface area contributed by atoms with Crippen molar-refractivity contribution in [1.82, 2.24) is 4.90 Å². The average molecular weight is 288 g/mol. The molecular formula is C13H24N2O3S. The van der Waals surface area contributed by atoms with Gasteiger partial charge in [0.25, 0.3) is 0 Å². The summed E-state index contributed by atoms with van der Waals surface area (Å²) in [6, 6.07) is 0.0278. The first kappa shape index (κ1) is 14.8. The summed E-state index contributed by atoms with van der Waals surface area (Å²) in [6.45, 7) is 1.08. The Balaban J connectivity index is 1.99. The van der Waals surface area contributed by atoms with Crippen molar-refractivity contribution in [3.05, 3.63) is 0 Å². The molecule has 1 saturated heterocycles. The maximum absolute atomic E-state index is 12.2. The van der Waals surface area contributed by atoms with Gasteiger partial charge in [-0.05, 0) is 32.1 Å². The van der Waals surface area contributed by atoms with Gasteiger partial charge in [0, 0.05) is 19.1 Å². The second-order valence-electron chi connectivity index (χ2n) is 5.69. The number of likely N-dealkylation sites (tertiary alicyclic amines) is 1. The van der Waals surface area contributed by atoms with Crippen LogP contribution in [0.3, 0.4) is 0 Å². The molecule has 110 valence electrons. The molecule has 2 aliphatic rings. The third-order valence-electron chi connectivity index (χ3n) is 4.35. The smallest absolute Gasteiger partial charge is 0.238 e. The minimum atomic E-state index is -3.27. The van der Waals surface area contributed by atoms with Gasteiger partial charge in [-0.15, -0.1) is 0 Å². The Labute approximate surface area is 115 Å². The van der Waals surface area contributed by atoms with Crippen LogP contribution in [0.25, 0.3) is 0 Å². The highest BCUT2D eigenvalue weighted by atomic mass is 32.2. The summed E-state index contributed by atoms with van der Waals surface area (Å²) in [7, 11) is -3.27. The van der Waals surface area contributed by atoms with E-state index in [1.54, 1.807) is 4.90 Å². The molecule has 19 heavy (non-hydrogen) atoms. The first-order valence-electron chi connectivity index (χ1n) is 7.25. The molecule has 1 heterocycles. The van der Waals surface area contributed by atoms with E-state index in [0.29, 0.717) is 13.1 Å². The van der Waals surface area contributed by atoms with E-state index in [2.05, 4.69) is 0 Å². The van der Waals surface area contributed by atoms with Gasteiger partial charge in [-0.1, -0.05) is 12.8 Å². The van der Waals surface area contributed by atoms with Crippen molar-refractivity contribution < 1.29 is 13.2 Å². The summed E-state index contributed by atoms with van der Waals surface area (Å²) in [6.07, 6.45) is 6.28. The van der Waals surface area contributed by atoms with Crippen molar-refractivity contribution in [3.63, 3.8) is 0 Å². The molecule has 0 radical (unpaired) electrons. The molecule has 2 rings (SSSR count). The van der Waals surface area contributed by atoms with Crippen molar-refractivity contribution in [3.8, 4) is 0 Å². The molecule has 0 aromatic heterocycles. The standard InChI is InChI=1S/C13H24N2O3S/c14-9-11-5-3-4-8-15(11)13(16)10-19(17,18)12-6-1-2-7-12/h11-12H,1-10,14H2. The Hall–Kier alpha value is -0.620. The summed E-state index contributed by atoms with van der Waals surface area (Å²) in [5.41, 5.74) is 5.67. The molecule has 0 bridgehead atoms. The van der Waals surface area contributed by atoms with Crippen molar-refractivity contribution in [2.45, 2.75) is 56.2 Å². The molecule has 0 aromatic carbocycles. The molecule has 0 spiro atoms. The number of nitrogens with zero attached hydrogens (tertiary/aromatic N) is 1. The molecular weight excluding hydrogens is 264 g/mol. The number of sulfone groups is 1. The van der Waals surface area contributed by atoms with Crippen LogP contribution in [-0.4, -0.2) is 49.4 Å². The van der Waals surface area contributed by atoms with Gasteiger partial charge in [-0.25, -0.2) is 8.42 Å². The van der Waals surface area contributed by atoms with Crippen LogP contribution < -0.4 is 5.73 Å². The summed E-state index contributed by atoms with van der Waals surface area (Å²) in [5, 5.41) is -0.294. The Morgan fingerprint density at radius 2 is 1.74 bits per heavy atom. The Bertz CT molecular complexity index is 416. The van der Waals surface area contributed by atoms with Crippen LogP contribution in [0, 0.1) is 0 Å². The highest BCUT2D eigenvalue weighted by molar-refractivity contribution is 7.92. The number of hydrogen-bond acceptors (Lipinski definition) is 4. The van der Waals surface area contributed by atoms with Gasteiger partial charge in [0.1, 0.15) is 5.75 Å². The topological polar surface area (TPSA) is 80.5 Å². The minimum absolute atomic E-state index is 0.0278. The summed E-state index contributed by atoms with van der Waals surface area (Å²) in [5.74, 6) is -0.573. The lowest BCUT2D eigenvalue weighted by atomic mass is 10.0. The number of nitrogens with two attached hydrogens (primary N) is 1. The van der Waals surface area contributed by atoms with Gasteiger partial charge < -0.3 is 10.6 Å². The van der Waals surface area contributed by atoms with Crippen molar-refractivity contribution >= 4 is 15.7 Å². The lowest BCUT2D eigenvalue weighted by molar-refractivity contribution is -0.131. The van der Waals surface area contributed by atoms with Gasteiger partial charge in [-0.2, -0.15) is 0 Å². The predicted octanol–water partition coefficient (Wildman–Crippen LogP) is 0.684. The third-order valence-corrected chi connectivity index (χ3v) is 6.49. The van der Waals surface area contributed by atoms with Crippen LogP contribution in [0.1, 0.15) is 44.9 Å². The van der Waals surface area contributed by atoms with E-state index >= 15 is 0 Å². The first-order chi connectivity index (χ1) is 9.04. The monoisotopic (exact) mass is 288 g/mol. The van der Waals surface area contributed by atoms with E-state index in [0.717, 1.165) is 44.9 Å². The van der Waals surface area contributed by atoms with E-state index in [1.165, 1.54) is 0 Å².